The van der Waals surface area contributed by atoms with Crippen LogP contribution < -0.4 is 5.73 Å². The summed E-state index contributed by atoms with van der Waals surface area (Å²) < 4.78 is 26.4. The lowest BCUT2D eigenvalue weighted by Crippen LogP contribution is -2.32. The molecule has 0 saturated carbocycles. The van der Waals surface area contributed by atoms with Crippen LogP contribution >= 0.6 is 0 Å². The Morgan fingerprint density at radius 2 is 2.00 bits per heavy atom. The number of hydrogen-bond donors (Lipinski definition) is 1. The van der Waals surface area contributed by atoms with E-state index in [1.807, 2.05) is 0 Å². The predicted octanol–water partition coefficient (Wildman–Crippen LogP) is 2.31. The van der Waals surface area contributed by atoms with Gasteiger partial charge in [-0.15, -0.1) is 0 Å². The van der Waals surface area contributed by atoms with Crippen molar-refractivity contribution in [1.29, 1.82) is 0 Å². The zero-order valence-corrected chi connectivity index (χ0v) is 10.00. The maximum absolute atomic E-state index is 13.2. The SMILES string of the molecule is CC1CCN(C(CN)c2cc(F)cc(F)c2)C1. The van der Waals surface area contributed by atoms with Crippen molar-refractivity contribution in [2.75, 3.05) is 19.6 Å². The lowest BCUT2D eigenvalue weighted by Gasteiger charge is -2.27. The van der Waals surface area contributed by atoms with Crippen molar-refractivity contribution in [2.45, 2.75) is 19.4 Å². The van der Waals surface area contributed by atoms with Crippen molar-refractivity contribution in [2.24, 2.45) is 11.7 Å². The van der Waals surface area contributed by atoms with Gasteiger partial charge < -0.3 is 5.73 Å². The number of halogens is 2. The molecule has 2 N–H and O–H groups in total. The summed E-state index contributed by atoms with van der Waals surface area (Å²) in [5.74, 6) is -0.446. The molecule has 2 nitrogen and oxygen atoms in total. The minimum Gasteiger partial charge on any atom is -0.329 e. The molecule has 2 unspecified atom stereocenters. The molecule has 2 rings (SSSR count). The van der Waals surface area contributed by atoms with Crippen molar-refractivity contribution in [3.8, 4) is 0 Å². The summed E-state index contributed by atoms with van der Waals surface area (Å²) >= 11 is 0. The van der Waals surface area contributed by atoms with Gasteiger partial charge in [-0.1, -0.05) is 6.92 Å². The van der Waals surface area contributed by atoms with Crippen LogP contribution in [0.1, 0.15) is 24.9 Å². The molecule has 4 heteroatoms. The number of nitrogens with zero attached hydrogens (tertiary/aromatic N) is 1. The third kappa shape index (κ3) is 2.82. The van der Waals surface area contributed by atoms with Gasteiger partial charge in [0.2, 0.25) is 0 Å². The minimum atomic E-state index is -0.536. The second-order valence-corrected chi connectivity index (χ2v) is 4.84. The highest BCUT2D eigenvalue weighted by Gasteiger charge is 2.26. The molecule has 1 heterocycles. The maximum Gasteiger partial charge on any atom is 0.126 e. The first-order valence-electron chi connectivity index (χ1n) is 6.00. The monoisotopic (exact) mass is 240 g/mol. The molecule has 1 aromatic carbocycles. The summed E-state index contributed by atoms with van der Waals surface area (Å²) in [5, 5.41) is 0. The van der Waals surface area contributed by atoms with Crippen LogP contribution in [0.25, 0.3) is 0 Å². The van der Waals surface area contributed by atoms with E-state index in [0.717, 1.165) is 25.6 Å². The van der Waals surface area contributed by atoms with E-state index in [1.54, 1.807) is 0 Å². The first-order valence-corrected chi connectivity index (χ1v) is 6.00. The molecule has 17 heavy (non-hydrogen) atoms. The molecule has 0 radical (unpaired) electrons. The fourth-order valence-electron chi connectivity index (χ4n) is 2.52. The fourth-order valence-corrected chi connectivity index (χ4v) is 2.52. The van der Waals surface area contributed by atoms with Crippen LogP contribution in [0.3, 0.4) is 0 Å². The molecule has 2 atom stereocenters. The Morgan fingerprint density at radius 3 is 2.47 bits per heavy atom. The van der Waals surface area contributed by atoms with Crippen molar-refractivity contribution in [3.05, 3.63) is 35.4 Å². The molecule has 1 aliphatic rings. The first-order chi connectivity index (χ1) is 8.10. The molecule has 1 saturated heterocycles. The van der Waals surface area contributed by atoms with E-state index in [2.05, 4.69) is 11.8 Å². The number of benzene rings is 1. The summed E-state index contributed by atoms with van der Waals surface area (Å²) in [4.78, 5) is 2.21. The predicted molar refractivity (Wildman–Crippen MR) is 63.5 cm³/mol. The molecular weight excluding hydrogens is 222 g/mol. The van der Waals surface area contributed by atoms with Crippen LogP contribution in [0.15, 0.2) is 18.2 Å². The number of hydrogen-bond acceptors (Lipinski definition) is 2. The second kappa shape index (κ2) is 5.10. The molecule has 1 fully saturated rings. The third-order valence-corrected chi connectivity index (χ3v) is 3.39. The highest BCUT2D eigenvalue weighted by Crippen LogP contribution is 2.27. The van der Waals surface area contributed by atoms with Crippen LogP contribution in [-0.4, -0.2) is 24.5 Å². The number of rotatable bonds is 3. The Labute approximate surface area is 100 Å². The molecule has 1 aliphatic heterocycles. The Bertz CT molecular complexity index is 375. The molecule has 0 aromatic heterocycles. The van der Waals surface area contributed by atoms with E-state index in [0.29, 0.717) is 18.0 Å². The van der Waals surface area contributed by atoms with Gasteiger partial charge in [0.25, 0.3) is 0 Å². The van der Waals surface area contributed by atoms with Gasteiger partial charge in [-0.25, -0.2) is 8.78 Å². The molecule has 1 aromatic rings. The van der Waals surface area contributed by atoms with Gasteiger partial charge in [-0.2, -0.15) is 0 Å². The summed E-state index contributed by atoms with van der Waals surface area (Å²) in [6.07, 6.45) is 1.12. The Hall–Kier alpha value is -1.00. The average Bonchev–Trinajstić information content (AvgIpc) is 2.64. The summed E-state index contributed by atoms with van der Waals surface area (Å²) in [7, 11) is 0. The third-order valence-electron chi connectivity index (χ3n) is 3.39. The first kappa shape index (κ1) is 12.5. The van der Waals surface area contributed by atoms with Crippen LogP contribution in [0.4, 0.5) is 8.78 Å². The lowest BCUT2D eigenvalue weighted by molar-refractivity contribution is 0.243. The normalized spacial score (nSPS) is 22.9. The number of nitrogens with two attached hydrogens (primary N) is 1. The highest BCUT2D eigenvalue weighted by molar-refractivity contribution is 5.22. The van der Waals surface area contributed by atoms with Gasteiger partial charge in [0.1, 0.15) is 11.6 Å². The van der Waals surface area contributed by atoms with Crippen molar-refractivity contribution < 1.29 is 8.78 Å². The van der Waals surface area contributed by atoms with E-state index < -0.39 is 11.6 Å². The maximum atomic E-state index is 13.2. The summed E-state index contributed by atoms with van der Waals surface area (Å²) in [6, 6.07) is 3.57. The zero-order valence-electron chi connectivity index (χ0n) is 10.00. The van der Waals surface area contributed by atoms with E-state index in [1.165, 1.54) is 12.1 Å². The van der Waals surface area contributed by atoms with Crippen LogP contribution in [0.2, 0.25) is 0 Å². The molecule has 0 aliphatic carbocycles. The Kier molecular flexibility index (Phi) is 3.74. The molecule has 0 bridgehead atoms. The van der Waals surface area contributed by atoms with Crippen LogP contribution in [0, 0.1) is 17.6 Å². The molecule has 0 amide bonds. The average molecular weight is 240 g/mol. The van der Waals surface area contributed by atoms with E-state index >= 15 is 0 Å². The molecule has 94 valence electrons. The number of likely N-dealkylation sites (tertiary alicyclic amines) is 1. The van der Waals surface area contributed by atoms with Crippen molar-refractivity contribution in [1.82, 2.24) is 4.90 Å². The Balaban J connectivity index is 2.22. The minimum absolute atomic E-state index is 0.0786. The van der Waals surface area contributed by atoms with Crippen LogP contribution in [0.5, 0.6) is 0 Å². The van der Waals surface area contributed by atoms with E-state index in [-0.39, 0.29) is 6.04 Å². The van der Waals surface area contributed by atoms with Gasteiger partial charge in [0.05, 0.1) is 0 Å². The highest BCUT2D eigenvalue weighted by atomic mass is 19.1. The van der Waals surface area contributed by atoms with Gasteiger partial charge in [-0.05, 0) is 36.6 Å². The lowest BCUT2D eigenvalue weighted by atomic mass is 10.1. The topological polar surface area (TPSA) is 29.3 Å². The molecular formula is C13H18F2N2. The van der Waals surface area contributed by atoms with Crippen molar-refractivity contribution in [3.63, 3.8) is 0 Å². The van der Waals surface area contributed by atoms with Gasteiger partial charge in [-0.3, -0.25) is 4.90 Å². The fraction of sp³-hybridized carbons (Fsp3) is 0.538. The van der Waals surface area contributed by atoms with Crippen molar-refractivity contribution >= 4 is 0 Å². The van der Waals surface area contributed by atoms with E-state index in [4.69, 9.17) is 5.73 Å². The quantitative estimate of drug-likeness (QED) is 0.878. The standard InChI is InChI=1S/C13H18F2N2/c1-9-2-3-17(8-9)13(7-16)10-4-11(14)6-12(15)5-10/h4-6,9,13H,2-3,7-8,16H2,1H3. The summed E-state index contributed by atoms with van der Waals surface area (Å²) in [6.45, 7) is 4.45. The van der Waals surface area contributed by atoms with Gasteiger partial charge in [0.15, 0.2) is 0 Å². The Morgan fingerprint density at radius 1 is 1.35 bits per heavy atom. The molecule has 0 spiro atoms. The zero-order chi connectivity index (χ0) is 12.4. The summed E-state index contributed by atoms with van der Waals surface area (Å²) in [5.41, 5.74) is 6.38. The van der Waals surface area contributed by atoms with Crippen LogP contribution in [-0.2, 0) is 0 Å². The van der Waals surface area contributed by atoms with Gasteiger partial charge in [0, 0.05) is 25.2 Å². The second-order valence-electron chi connectivity index (χ2n) is 4.84. The largest absolute Gasteiger partial charge is 0.329 e. The smallest absolute Gasteiger partial charge is 0.126 e. The van der Waals surface area contributed by atoms with E-state index in [9.17, 15) is 8.78 Å². The van der Waals surface area contributed by atoms with Gasteiger partial charge >= 0.3 is 0 Å².